The molecule has 0 aliphatic carbocycles. The molecule has 0 atom stereocenters. The van der Waals surface area contributed by atoms with E-state index in [9.17, 15) is 13.2 Å². The molecule has 0 saturated heterocycles. The molecule has 0 bridgehead atoms. The van der Waals surface area contributed by atoms with E-state index in [0.29, 0.717) is 6.07 Å². The highest BCUT2D eigenvalue weighted by atomic mass is 28.4. The van der Waals surface area contributed by atoms with Crippen molar-refractivity contribution in [3.8, 4) is 28.0 Å². The van der Waals surface area contributed by atoms with Gasteiger partial charge in [0.2, 0.25) is 0 Å². The molecule has 13 heteroatoms. The zero-order chi connectivity index (χ0) is 36.9. The van der Waals surface area contributed by atoms with E-state index in [4.69, 9.17) is 4.43 Å². The maximum Gasteiger partial charge on any atom is 0.259 e. The van der Waals surface area contributed by atoms with Crippen molar-refractivity contribution < 1.29 is 52.7 Å². The van der Waals surface area contributed by atoms with Gasteiger partial charge in [-0.1, -0.05) is 65.8 Å². The van der Waals surface area contributed by atoms with Crippen LogP contribution in [0.2, 0.25) is 16.6 Å². The van der Waals surface area contributed by atoms with Gasteiger partial charge in [0.1, 0.15) is 0 Å². The van der Waals surface area contributed by atoms with E-state index in [1.807, 2.05) is 0 Å². The number of hydrogen-bond donors (Lipinski definition) is 0. The lowest BCUT2D eigenvalue weighted by Crippen LogP contribution is -2.51. The van der Waals surface area contributed by atoms with Crippen molar-refractivity contribution in [2.24, 2.45) is 0 Å². The first-order chi connectivity index (χ1) is 23.4. The molecule has 6 aromatic carbocycles. The van der Waals surface area contributed by atoms with E-state index in [1.165, 1.54) is 12.1 Å². The summed E-state index contributed by atoms with van der Waals surface area (Å²) in [7, 11) is -3.30. The SMILES string of the molecule is CC(C)[Si](Oc1c(F)c2c(F)c(F)c3c(F)c(F)c(-c4ccccc4-c4ccc(F)c(F)c4F)c4c(F)c(F)c(c1F)c2c34)(C(C)C)C(C)C. The number of benzene rings is 6. The molecule has 0 aromatic heterocycles. The minimum atomic E-state index is -3.30. The molecule has 0 amide bonds. The third kappa shape index (κ3) is 4.64. The molecule has 0 aliphatic heterocycles. The minimum absolute atomic E-state index is 0.325. The van der Waals surface area contributed by atoms with Crippen LogP contribution in [0, 0.1) is 64.0 Å². The summed E-state index contributed by atoms with van der Waals surface area (Å²) < 4.78 is 179. The van der Waals surface area contributed by atoms with Gasteiger partial charge in [-0.2, -0.15) is 0 Å². The highest BCUT2D eigenvalue weighted by Crippen LogP contribution is 2.52. The smallest absolute Gasteiger partial charge is 0.259 e. The number of halogens is 11. The molecule has 0 aliphatic rings. The Morgan fingerprint density at radius 2 is 0.820 bits per heavy atom. The maximum atomic E-state index is 16.5. The Bertz CT molecular complexity index is 2320. The fourth-order valence-electron chi connectivity index (χ4n) is 7.68. The minimum Gasteiger partial charge on any atom is -0.539 e. The highest BCUT2D eigenvalue weighted by Gasteiger charge is 2.49. The van der Waals surface area contributed by atoms with Crippen LogP contribution >= 0.6 is 0 Å². The van der Waals surface area contributed by atoms with Crippen LogP contribution in [0.5, 0.6) is 5.75 Å². The van der Waals surface area contributed by atoms with Crippen molar-refractivity contribution in [2.45, 2.75) is 58.2 Å². The van der Waals surface area contributed by atoms with Gasteiger partial charge in [-0.05, 0) is 39.9 Å². The quantitative estimate of drug-likeness (QED) is 0.0689. The van der Waals surface area contributed by atoms with Crippen LogP contribution < -0.4 is 4.43 Å². The van der Waals surface area contributed by atoms with Gasteiger partial charge in [0.05, 0.1) is 16.2 Å². The molecule has 0 heterocycles. The van der Waals surface area contributed by atoms with E-state index < -0.39 is 133 Å². The number of hydrogen-bond acceptors (Lipinski definition) is 1. The van der Waals surface area contributed by atoms with Crippen LogP contribution in [0.4, 0.5) is 48.3 Å². The second-order valence-corrected chi connectivity index (χ2v) is 18.5. The van der Waals surface area contributed by atoms with Gasteiger partial charge < -0.3 is 4.43 Å². The van der Waals surface area contributed by atoms with Crippen LogP contribution in [0.1, 0.15) is 41.5 Å². The summed E-state index contributed by atoms with van der Waals surface area (Å²) in [5.74, 6) is -22.9. The van der Waals surface area contributed by atoms with E-state index in [-0.39, 0.29) is 16.6 Å². The predicted molar refractivity (Wildman–Crippen MR) is 172 cm³/mol. The Kier molecular flexibility index (Phi) is 8.60. The van der Waals surface area contributed by atoms with Crippen LogP contribution in [0.3, 0.4) is 0 Å². The second kappa shape index (κ2) is 12.1. The monoisotopic (exact) mass is 724 g/mol. The average molecular weight is 725 g/mol. The zero-order valence-corrected chi connectivity index (χ0v) is 28.3. The Hall–Kier alpha value is -4.39. The van der Waals surface area contributed by atoms with Crippen LogP contribution in [-0.4, -0.2) is 8.32 Å². The van der Waals surface area contributed by atoms with Gasteiger partial charge in [0.15, 0.2) is 69.7 Å². The Balaban J connectivity index is 1.83. The summed E-state index contributed by atoms with van der Waals surface area (Å²) in [6, 6.07) is 5.72. The molecular formula is C37H27F11OSi. The van der Waals surface area contributed by atoms with Crippen molar-refractivity contribution >= 4 is 40.6 Å². The average Bonchev–Trinajstić information content (AvgIpc) is 3.05. The molecule has 6 aromatic rings. The third-order valence-corrected chi connectivity index (χ3v) is 15.7. The molecule has 0 unspecified atom stereocenters. The third-order valence-electron chi connectivity index (χ3n) is 9.74. The Labute approximate surface area is 279 Å². The second-order valence-electron chi connectivity index (χ2n) is 13.2. The predicted octanol–water partition coefficient (Wildman–Crippen LogP) is 13.0. The standard InChI is InChI=1S/C37H27F11OSi/c1-13(2)50(14(3)4,15(5)6)49-37-35(47)25-22-21-23(30(42)33(25)45)20(29(41)31(43)24(21)32(44)34(46)26(22)36(37)48)17-10-8-7-9-16(17)18-11-12-19(38)28(40)27(18)39/h7-15H,1-6H3. The fraction of sp³-hybridized carbons (Fsp3) is 0.243. The van der Waals surface area contributed by atoms with Gasteiger partial charge in [-0.3, -0.25) is 0 Å². The van der Waals surface area contributed by atoms with Crippen LogP contribution in [-0.2, 0) is 0 Å². The van der Waals surface area contributed by atoms with E-state index in [1.54, 1.807) is 41.5 Å². The topological polar surface area (TPSA) is 9.23 Å². The molecule has 0 spiro atoms. The first kappa shape index (κ1) is 35.4. The lowest BCUT2D eigenvalue weighted by atomic mass is 9.85. The molecule has 0 radical (unpaired) electrons. The molecule has 0 saturated carbocycles. The van der Waals surface area contributed by atoms with Crippen molar-refractivity contribution in [2.75, 3.05) is 0 Å². The largest absolute Gasteiger partial charge is 0.539 e. The van der Waals surface area contributed by atoms with Crippen LogP contribution in [0.25, 0.3) is 54.6 Å². The molecular weight excluding hydrogens is 697 g/mol. The van der Waals surface area contributed by atoms with Gasteiger partial charge in [0.25, 0.3) is 8.32 Å². The zero-order valence-electron chi connectivity index (χ0n) is 27.3. The lowest BCUT2D eigenvalue weighted by Gasteiger charge is -2.42. The molecule has 1 nitrogen and oxygen atoms in total. The van der Waals surface area contributed by atoms with Gasteiger partial charge in [-0.15, -0.1) is 0 Å². The van der Waals surface area contributed by atoms with Crippen molar-refractivity contribution in [1.82, 2.24) is 0 Å². The first-order valence-corrected chi connectivity index (χ1v) is 17.7. The van der Waals surface area contributed by atoms with Crippen molar-refractivity contribution in [3.05, 3.63) is 100 Å². The first-order valence-electron chi connectivity index (χ1n) is 15.6. The van der Waals surface area contributed by atoms with Gasteiger partial charge in [0, 0.05) is 27.3 Å². The van der Waals surface area contributed by atoms with E-state index >= 15 is 35.1 Å². The van der Waals surface area contributed by atoms with E-state index in [2.05, 4.69) is 0 Å². The summed E-state index contributed by atoms with van der Waals surface area (Å²) >= 11 is 0. The molecule has 262 valence electrons. The Morgan fingerprint density at radius 3 is 1.32 bits per heavy atom. The fourth-order valence-corrected chi connectivity index (χ4v) is 12.9. The van der Waals surface area contributed by atoms with Gasteiger partial charge >= 0.3 is 0 Å². The summed E-state index contributed by atoms with van der Waals surface area (Å²) in [4.78, 5) is 0. The lowest BCUT2D eigenvalue weighted by molar-refractivity contribution is 0.417. The van der Waals surface area contributed by atoms with E-state index in [0.717, 1.165) is 18.2 Å². The normalized spacial score (nSPS) is 12.6. The number of rotatable bonds is 7. The summed E-state index contributed by atoms with van der Waals surface area (Å²) in [5, 5.41) is -7.91. The molecule has 0 fully saturated rings. The Morgan fingerprint density at radius 1 is 0.400 bits per heavy atom. The summed E-state index contributed by atoms with van der Waals surface area (Å²) in [6.07, 6.45) is 0. The molecule has 6 rings (SSSR count). The van der Waals surface area contributed by atoms with Gasteiger partial charge in [-0.25, -0.2) is 48.3 Å². The highest BCUT2D eigenvalue weighted by molar-refractivity contribution is 6.78. The van der Waals surface area contributed by atoms with Crippen molar-refractivity contribution in [3.63, 3.8) is 0 Å². The maximum absolute atomic E-state index is 16.5. The summed E-state index contributed by atoms with van der Waals surface area (Å²) in [5.41, 5.74) is -3.98. The van der Waals surface area contributed by atoms with Crippen molar-refractivity contribution in [1.29, 1.82) is 0 Å². The molecule has 0 N–H and O–H groups in total. The molecule has 50 heavy (non-hydrogen) atoms. The summed E-state index contributed by atoms with van der Waals surface area (Å²) in [6.45, 7) is 10.5. The van der Waals surface area contributed by atoms with Crippen LogP contribution in [0.15, 0.2) is 36.4 Å².